The molecule has 0 bridgehead atoms. The Balaban J connectivity index is 2.22. The van der Waals surface area contributed by atoms with Crippen molar-refractivity contribution in [3.8, 4) is 6.01 Å². The average molecular weight is 380 g/mol. The minimum Gasteiger partial charge on any atom is -0.467 e. The average Bonchev–Trinajstić information content (AvgIpc) is 2.45. The number of anilines is 1. The van der Waals surface area contributed by atoms with Crippen LogP contribution in [0.15, 0.2) is 24.4 Å². The Morgan fingerprint density at radius 2 is 1.88 bits per heavy atom. The zero-order chi connectivity index (χ0) is 17.9. The molecule has 1 N–H and O–H groups in total. The number of halogens is 5. The van der Waals surface area contributed by atoms with E-state index in [0.717, 1.165) is 13.3 Å². The van der Waals surface area contributed by atoms with Crippen LogP contribution in [0.5, 0.6) is 6.01 Å². The van der Waals surface area contributed by atoms with E-state index in [4.69, 9.17) is 23.2 Å². The molecule has 0 atom stereocenters. The monoisotopic (exact) mass is 379 g/mol. The molecule has 0 spiro atoms. The van der Waals surface area contributed by atoms with Gasteiger partial charge in [-0.15, -0.1) is 0 Å². The molecular formula is C14H10Cl2F3N3O2. The maximum Gasteiger partial charge on any atom is 0.433 e. The van der Waals surface area contributed by atoms with Gasteiger partial charge in [-0.05, 0) is 18.2 Å². The van der Waals surface area contributed by atoms with E-state index in [1.807, 2.05) is 0 Å². The number of ether oxygens (including phenoxy) is 1. The standard InChI is InChI=1S/C14H10Cl2F3N3O2/c1-24-13-20-6-7(12(22-13)14(17,18)19)2-11(23)21-10-4-8(15)3-9(16)5-10/h3-6H,2H2,1H3,(H,21,23). The maximum atomic E-state index is 13.0. The van der Waals surface area contributed by atoms with Crippen LogP contribution < -0.4 is 10.1 Å². The molecule has 10 heteroatoms. The van der Waals surface area contributed by atoms with Gasteiger partial charge in [-0.25, -0.2) is 4.98 Å². The lowest BCUT2D eigenvalue weighted by Crippen LogP contribution is -2.20. The fourth-order valence-electron chi connectivity index (χ4n) is 1.87. The third kappa shape index (κ3) is 4.72. The quantitative estimate of drug-likeness (QED) is 0.871. The molecule has 0 saturated heterocycles. The molecule has 0 radical (unpaired) electrons. The predicted molar refractivity (Wildman–Crippen MR) is 82.4 cm³/mol. The molecule has 2 aromatic rings. The number of benzene rings is 1. The van der Waals surface area contributed by atoms with Crippen LogP contribution in [0.1, 0.15) is 11.3 Å². The molecule has 2 rings (SSSR count). The first-order valence-corrected chi connectivity index (χ1v) is 7.17. The van der Waals surface area contributed by atoms with Gasteiger partial charge in [0.25, 0.3) is 0 Å². The van der Waals surface area contributed by atoms with Gasteiger partial charge in [-0.3, -0.25) is 4.79 Å². The van der Waals surface area contributed by atoms with E-state index in [-0.39, 0.29) is 21.3 Å². The van der Waals surface area contributed by atoms with E-state index in [1.54, 1.807) is 0 Å². The van der Waals surface area contributed by atoms with Crippen molar-refractivity contribution in [2.75, 3.05) is 12.4 Å². The summed E-state index contributed by atoms with van der Waals surface area (Å²) in [5, 5.41) is 2.98. The summed E-state index contributed by atoms with van der Waals surface area (Å²) in [5.74, 6) is -0.701. The molecule has 0 aliphatic carbocycles. The zero-order valence-electron chi connectivity index (χ0n) is 12.1. The second-order valence-electron chi connectivity index (χ2n) is 4.61. The highest BCUT2D eigenvalue weighted by molar-refractivity contribution is 6.35. The number of carbonyl (C=O) groups is 1. The van der Waals surface area contributed by atoms with Gasteiger partial charge in [0, 0.05) is 27.5 Å². The van der Waals surface area contributed by atoms with E-state index < -0.39 is 30.2 Å². The van der Waals surface area contributed by atoms with E-state index in [0.29, 0.717) is 0 Å². The highest BCUT2D eigenvalue weighted by Crippen LogP contribution is 2.31. The molecule has 1 amide bonds. The van der Waals surface area contributed by atoms with Crippen molar-refractivity contribution in [1.82, 2.24) is 9.97 Å². The summed E-state index contributed by atoms with van der Waals surface area (Å²) in [5.41, 5.74) is -1.34. The lowest BCUT2D eigenvalue weighted by molar-refractivity contribution is -0.142. The second kappa shape index (κ2) is 7.23. The summed E-state index contributed by atoms with van der Waals surface area (Å²) in [4.78, 5) is 18.9. The van der Waals surface area contributed by atoms with Crippen molar-refractivity contribution in [3.05, 3.63) is 45.7 Å². The number of nitrogens with zero attached hydrogens (tertiary/aromatic N) is 2. The van der Waals surface area contributed by atoms with Crippen LogP contribution in [-0.2, 0) is 17.4 Å². The summed E-state index contributed by atoms with van der Waals surface area (Å²) in [6.07, 6.45) is -4.42. The summed E-state index contributed by atoms with van der Waals surface area (Å²) >= 11 is 11.6. The van der Waals surface area contributed by atoms with Crippen molar-refractivity contribution in [3.63, 3.8) is 0 Å². The minimum absolute atomic E-state index is 0.264. The van der Waals surface area contributed by atoms with E-state index in [2.05, 4.69) is 20.0 Å². The van der Waals surface area contributed by atoms with E-state index in [1.165, 1.54) is 18.2 Å². The Morgan fingerprint density at radius 3 is 2.42 bits per heavy atom. The predicted octanol–water partition coefficient (Wildman–Crippen LogP) is 3.99. The Hall–Kier alpha value is -2.06. The molecule has 0 aliphatic heterocycles. The normalized spacial score (nSPS) is 11.2. The summed E-state index contributed by atoms with van der Waals surface area (Å²) < 4.78 is 43.7. The van der Waals surface area contributed by atoms with Gasteiger partial charge in [0.2, 0.25) is 5.91 Å². The lowest BCUT2D eigenvalue weighted by Gasteiger charge is -2.12. The van der Waals surface area contributed by atoms with Crippen LogP contribution in [-0.4, -0.2) is 23.0 Å². The summed E-state index contributed by atoms with van der Waals surface area (Å²) in [7, 11) is 1.14. The first kappa shape index (κ1) is 18.3. The number of amides is 1. The molecular weight excluding hydrogens is 370 g/mol. The number of aromatic nitrogens is 2. The summed E-state index contributed by atoms with van der Waals surface area (Å²) in [6.45, 7) is 0. The number of nitrogens with one attached hydrogen (secondary N) is 1. The van der Waals surface area contributed by atoms with Crippen LogP contribution in [0, 0.1) is 0 Å². The third-order valence-electron chi connectivity index (χ3n) is 2.79. The van der Waals surface area contributed by atoms with Crippen LogP contribution in [0.2, 0.25) is 10.0 Å². The molecule has 0 saturated carbocycles. The Bertz CT molecular complexity index is 749. The van der Waals surface area contributed by atoms with Crippen molar-refractivity contribution >= 4 is 34.8 Å². The Kier molecular flexibility index (Phi) is 5.51. The fourth-order valence-corrected chi connectivity index (χ4v) is 2.39. The highest BCUT2D eigenvalue weighted by Gasteiger charge is 2.36. The molecule has 1 aromatic carbocycles. The molecule has 128 valence electrons. The van der Waals surface area contributed by atoms with E-state index in [9.17, 15) is 18.0 Å². The van der Waals surface area contributed by atoms with Gasteiger partial charge in [-0.2, -0.15) is 18.2 Å². The van der Waals surface area contributed by atoms with Crippen LogP contribution in [0.25, 0.3) is 0 Å². The topological polar surface area (TPSA) is 64.1 Å². The first-order chi connectivity index (χ1) is 11.2. The smallest absolute Gasteiger partial charge is 0.433 e. The molecule has 1 heterocycles. The van der Waals surface area contributed by atoms with Crippen molar-refractivity contribution in [1.29, 1.82) is 0 Å². The van der Waals surface area contributed by atoms with Gasteiger partial charge in [0.1, 0.15) is 0 Å². The van der Waals surface area contributed by atoms with E-state index >= 15 is 0 Å². The number of alkyl halides is 3. The largest absolute Gasteiger partial charge is 0.467 e. The Morgan fingerprint density at radius 1 is 1.25 bits per heavy atom. The fraction of sp³-hybridized carbons (Fsp3) is 0.214. The van der Waals surface area contributed by atoms with Crippen LogP contribution >= 0.6 is 23.2 Å². The molecule has 24 heavy (non-hydrogen) atoms. The van der Waals surface area contributed by atoms with Crippen molar-refractivity contribution < 1.29 is 22.7 Å². The molecule has 0 aliphatic rings. The number of methoxy groups -OCH3 is 1. The first-order valence-electron chi connectivity index (χ1n) is 6.42. The summed E-state index contributed by atoms with van der Waals surface area (Å²) in [6, 6.07) is 3.85. The number of hydrogen-bond acceptors (Lipinski definition) is 4. The van der Waals surface area contributed by atoms with Gasteiger partial charge in [0.05, 0.1) is 13.5 Å². The van der Waals surface area contributed by atoms with Gasteiger partial charge < -0.3 is 10.1 Å². The molecule has 5 nitrogen and oxygen atoms in total. The minimum atomic E-state index is -4.74. The molecule has 0 fully saturated rings. The van der Waals surface area contributed by atoms with Crippen molar-refractivity contribution in [2.45, 2.75) is 12.6 Å². The maximum absolute atomic E-state index is 13.0. The number of hydrogen-bond donors (Lipinski definition) is 1. The van der Waals surface area contributed by atoms with Gasteiger partial charge in [-0.1, -0.05) is 23.2 Å². The van der Waals surface area contributed by atoms with Gasteiger partial charge >= 0.3 is 12.2 Å². The molecule has 0 unspecified atom stereocenters. The van der Waals surface area contributed by atoms with Crippen LogP contribution in [0.4, 0.5) is 18.9 Å². The van der Waals surface area contributed by atoms with Crippen LogP contribution in [0.3, 0.4) is 0 Å². The number of rotatable bonds is 4. The second-order valence-corrected chi connectivity index (χ2v) is 5.48. The number of carbonyl (C=O) groups excluding carboxylic acids is 1. The Labute approximate surface area is 144 Å². The zero-order valence-corrected chi connectivity index (χ0v) is 13.6. The van der Waals surface area contributed by atoms with Crippen molar-refractivity contribution in [2.24, 2.45) is 0 Å². The lowest BCUT2D eigenvalue weighted by atomic mass is 10.1. The van der Waals surface area contributed by atoms with Gasteiger partial charge in [0.15, 0.2) is 5.69 Å². The third-order valence-corrected chi connectivity index (χ3v) is 3.23. The highest BCUT2D eigenvalue weighted by atomic mass is 35.5. The molecule has 1 aromatic heterocycles. The SMILES string of the molecule is COc1ncc(CC(=O)Nc2cc(Cl)cc(Cl)c2)c(C(F)(F)F)n1.